The maximum absolute atomic E-state index is 13.1. The van der Waals surface area contributed by atoms with Crippen molar-refractivity contribution in [3.8, 4) is 5.75 Å². The first-order valence-electron chi connectivity index (χ1n) is 10.1. The lowest BCUT2D eigenvalue weighted by Gasteiger charge is -2.15. The van der Waals surface area contributed by atoms with E-state index in [0.29, 0.717) is 21.6 Å². The summed E-state index contributed by atoms with van der Waals surface area (Å²) in [5, 5.41) is 3.48. The number of hydrogen-bond donors (Lipinski definition) is 1. The average Bonchev–Trinajstić information content (AvgIpc) is 3.51. The minimum absolute atomic E-state index is 0.0499. The Morgan fingerprint density at radius 2 is 2.00 bits per heavy atom. The van der Waals surface area contributed by atoms with E-state index in [0.717, 1.165) is 24.1 Å². The maximum Gasteiger partial charge on any atom is 0.242 e. The standard InChI is InChI=1S/C23H24ClN3O3S/c1-13-4-6-16(10-14(13)2)25-23-27(17-7-8-17)22(29)20(31-23)12-21(28)26-18-11-15(24)5-9-19(18)30-3/h4-6,9-11,17,20H,7-8,12H2,1-3H3,(H,26,28). The quantitative estimate of drug-likeness (QED) is 0.656. The molecule has 1 aliphatic heterocycles. The van der Waals surface area contributed by atoms with Crippen LogP contribution in [0, 0.1) is 13.8 Å². The highest BCUT2D eigenvalue weighted by Crippen LogP contribution is 2.40. The first kappa shape index (κ1) is 21.7. The molecule has 0 bridgehead atoms. The van der Waals surface area contributed by atoms with Crippen molar-refractivity contribution in [1.29, 1.82) is 0 Å². The number of ether oxygens (including phenoxy) is 1. The Balaban J connectivity index is 1.51. The fourth-order valence-corrected chi connectivity index (χ4v) is 4.80. The molecule has 0 spiro atoms. The molecule has 0 aromatic heterocycles. The topological polar surface area (TPSA) is 71.0 Å². The number of nitrogens with one attached hydrogen (secondary N) is 1. The third kappa shape index (κ3) is 4.88. The number of amidine groups is 1. The minimum atomic E-state index is -0.504. The van der Waals surface area contributed by atoms with Gasteiger partial charge in [0.2, 0.25) is 11.8 Å². The lowest BCUT2D eigenvalue weighted by atomic mass is 10.1. The maximum atomic E-state index is 13.1. The number of rotatable bonds is 6. The van der Waals surface area contributed by atoms with E-state index in [2.05, 4.69) is 12.2 Å². The van der Waals surface area contributed by atoms with Gasteiger partial charge >= 0.3 is 0 Å². The van der Waals surface area contributed by atoms with E-state index in [1.165, 1.54) is 24.4 Å². The molecule has 2 aliphatic rings. The smallest absolute Gasteiger partial charge is 0.242 e. The summed E-state index contributed by atoms with van der Waals surface area (Å²) in [5.41, 5.74) is 3.65. The van der Waals surface area contributed by atoms with Gasteiger partial charge < -0.3 is 10.1 Å². The van der Waals surface area contributed by atoms with Gasteiger partial charge in [-0.05, 0) is 68.1 Å². The third-order valence-corrected chi connectivity index (χ3v) is 6.79. The molecule has 1 atom stereocenters. The molecule has 1 saturated heterocycles. The van der Waals surface area contributed by atoms with Crippen molar-refractivity contribution in [2.75, 3.05) is 12.4 Å². The number of amides is 2. The zero-order valence-corrected chi connectivity index (χ0v) is 19.2. The fraction of sp³-hybridized carbons (Fsp3) is 0.348. The zero-order valence-electron chi connectivity index (χ0n) is 17.6. The molecule has 6 nitrogen and oxygen atoms in total. The number of hydrogen-bond acceptors (Lipinski definition) is 5. The summed E-state index contributed by atoms with van der Waals surface area (Å²) in [7, 11) is 1.53. The van der Waals surface area contributed by atoms with Gasteiger partial charge in [-0.2, -0.15) is 0 Å². The van der Waals surface area contributed by atoms with E-state index >= 15 is 0 Å². The van der Waals surface area contributed by atoms with E-state index in [1.54, 1.807) is 23.1 Å². The number of carbonyl (C=O) groups is 2. The van der Waals surface area contributed by atoms with E-state index in [1.807, 2.05) is 25.1 Å². The predicted octanol–water partition coefficient (Wildman–Crippen LogP) is 5.09. The number of aryl methyl sites for hydroxylation is 2. The summed E-state index contributed by atoms with van der Waals surface area (Å²) >= 11 is 7.40. The molecule has 1 aliphatic carbocycles. The fourth-order valence-electron chi connectivity index (χ4n) is 3.41. The average molecular weight is 458 g/mol. The van der Waals surface area contributed by atoms with Gasteiger partial charge in [-0.25, -0.2) is 4.99 Å². The van der Waals surface area contributed by atoms with E-state index in [4.69, 9.17) is 21.3 Å². The SMILES string of the molecule is COc1ccc(Cl)cc1NC(=O)CC1SC(=Nc2ccc(C)c(C)c2)N(C2CC2)C1=O. The zero-order chi connectivity index (χ0) is 22.1. The van der Waals surface area contributed by atoms with Gasteiger partial charge in [0.25, 0.3) is 0 Å². The van der Waals surface area contributed by atoms with Crippen LogP contribution in [0.4, 0.5) is 11.4 Å². The normalized spacial score (nSPS) is 19.7. The van der Waals surface area contributed by atoms with Crippen molar-refractivity contribution in [1.82, 2.24) is 4.90 Å². The summed E-state index contributed by atoms with van der Waals surface area (Å²) in [6.45, 7) is 4.10. The second-order valence-corrected chi connectivity index (χ2v) is 9.41. The largest absolute Gasteiger partial charge is 0.495 e. The Morgan fingerprint density at radius 1 is 1.23 bits per heavy atom. The number of methoxy groups -OCH3 is 1. The number of anilines is 1. The lowest BCUT2D eigenvalue weighted by molar-refractivity contribution is -0.128. The van der Waals surface area contributed by atoms with Crippen molar-refractivity contribution in [2.45, 2.75) is 44.4 Å². The Kier molecular flexibility index (Phi) is 6.25. The van der Waals surface area contributed by atoms with E-state index < -0.39 is 5.25 Å². The van der Waals surface area contributed by atoms with Gasteiger partial charge in [0.1, 0.15) is 11.0 Å². The van der Waals surface area contributed by atoms with Gasteiger partial charge in [-0.3, -0.25) is 14.5 Å². The van der Waals surface area contributed by atoms with E-state index in [-0.39, 0.29) is 24.3 Å². The van der Waals surface area contributed by atoms with Crippen LogP contribution in [-0.4, -0.2) is 40.3 Å². The monoisotopic (exact) mass is 457 g/mol. The highest BCUT2D eigenvalue weighted by atomic mass is 35.5. The van der Waals surface area contributed by atoms with Crippen LogP contribution in [-0.2, 0) is 9.59 Å². The highest BCUT2D eigenvalue weighted by Gasteiger charge is 2.46. The Labute approximate surface area is 191 Å². The van der Waals surface area contributed by atoms with Crippen LogP contribution in [0.25, 0.3) is 0 Å². The number of halogens is 1. The van der Waals surface area contributed by atoms with Crippen LogP contribution in [0.2, 0.25) is 5.02 Å². The molecule has 4 rings (SSSR count). The molecule has 31 heavy (non-hydrogen) atoms. The number of thioether (sulfide) groups is 1. The van der Waals surface area contributed by atoms with Gasteiger partial charge in [0, 0.05) is 17.5 Å². The highest BCUT2D eigenvalue weighted by molar-refractivity contribution is 8.15. The van der Waals surface area contributed by atoms with Crippen molar-refractivity contribution in [3.63, 3.8) is 0 Å². The second kappa shape index (κ2) is 8.93. The lowest BCUT2D eigenvalue weighted by Crippen LogP contribution is -2.35. The Morgan fingerprint density at radius 3 is 2.68 bits per heavy atom. The summed E-state index contributed by atoms with van der Waals surface area (Å²) in [5.74, 6) is 0.192. The molecule has 2 amide bonds. The van der Waals surface area contributed by atoms with Crippen molar-refractivity contribution in [3.05, 3.63) is 52.5 Å². The molecule has 2 aromatic carbocycles. The number of aliphatic imine (C=N–C) groups is 1. The number of benzene rings is 2. The van der Waals surface area contributed by atoms with Crippen molar-refractivity contribution < 1.29 is 14.3 Å². The Bertz CT molecular complexity index is 1070. The van der Waals surface area contributed by atoms with Crippen LogP contribution in [0.3, 0.4) is 0 Å². The number of nitrogens with zero attached hydrogens (tertiary/aromatic N) is 2. The third-order valence-electron chi connectivity index (χ3n) is 5.40. The summed E-state index contributed by atoms with van der Waals surface area (Å²) < 4.78 is 5.28. The first-order chi connectivity index (χ1) is 14.9. The van der Waals surface area contributed by atoms with Gasteiger partial charge in [-0.1, -0.05) is 29.4 Å². The second-order valence-electron chi connectivity index (χ2n) is 7.81. The van der Waals surface area contributed by atoms with Gasteiger partial charge in [0.15, 0.2) is 5.17 Å². The summed E-state index contributed by atoms with van der Waals surface area (Å²) in [4.78, 5) is 32.3. The summed E-state index contributed by atoms with van der Waals surface area (Å²) in [6, 6.07) is 11.2. The molecule has 1 saturated carbocycles. The van der Waals surface area contributed by atoms with Crippen LogP contribution in [0.15, 0.2) is 41.4 Å². The molecule has 1 heterocycles. The molecule has 2 aromatic rings. The Hall–Kier alpha value is -2.51. The van der Waals surface area contributed by atoms with Crippen LogP contribution >= 0.6 is 23.4 Å². The molecule has 162 valence electrons. The molecule has 1 N–H and O–H groups in total. The molecule has 8 heteroatoms. The van der Waals surface area contributed by atoms with Crippen molar-refractivity contribution in [2.24, 2.45) is 4.99 Å². The molecule has 0 radical (unpaired) electrons. The molecule has 2 fully saturated rings. The number of carbonyl (C=O) groups excluding carboxylic acids is 2. The van der Waals surface area contributed by atoms with Crippen LogP contribution in [0.5, 0.6) is 5.75 Å². The molecular weight excluding hydrogens is 434 g/mol. The van der Waals surface area contributed by atoms with E-state index in [9.17, 15) is 9.59 Å². The van der Waals surface area contributed by atoms with Crippen LogP contribution in [0.1, 0.15) is 30.4 Å². The van der Waals surface area contributed by atoms with Crippen molar-refractivity contribution >= 4 is 51.7 Å². The minimum Gasteiger partial charge on any atom is -0.495 e. The molecule has 1 unspecified atom stereocenters. The predicted molar refractivity (Wildman–Crippen MR) is 126 cm³/mol. The van der Waals surface area contributed by atoms with Crippen LogP contribution < -0.4 is 10.1 Å². The molecular formula is C23H24ClN3O3S. The van der Waals surface area contributed by atoms with Gasteiger partial charge in [-0.15, -0.1) is 0 Å². The first-order valence-corrected chi connectivity index (χ1v) is 11.4. The summed E-state index contributed by atoms with van der Waals surface area (Å²) in [6.07, 6.45) is 1.99. The van der Waals surface area contributed by atoms with Gasteiger partial charge in [0.05, 0.1) is 18.5 Å².